The fraction of sp³-hybridized carbons (Fsp3) is 0.500. The molecule has 20 heavy (non-hydrogen) atoms. The largest absolute Gasteiger partial charge is 0.481 e. The smallest absolute Gasteiger partial charge is 0.305 e. The lowest BCUT2D eigenvalue weighted by molar-refractivity contribution is -0.137. The number of hydrogen-bond donors (Lipinski definition) is 1. The van der Waals surface area contributed by atoms with Crippen LogP contribution in [0.2, 0.25) is 0 Å². The molecule has 0 spiro atoms. The second-order valence-electron chi connectivity index (χ2n) is 5.42. The van der Waals surface area contributed by atoms with Crippen LogP contribution < -0.4 is 5.56 Å². The Labute approximate surface area is 119 Å². The predicted molar refractivity (Wildman–Crippen MR) is 77.3 cm³/mol. The molecule has 0 unspecified atom stereocenters. The Morgan fingerprint density at radius 1 is 1.60 bits per heavy atom. The molecular weight excluding hydrogens is 276 g/mol. The molecule has 106 valence electrons. The summed E-state index contributed by atoms with van der Waals surface area (Å²) < 4.78 is 1.42. The first-order valence-corrected chi connectivity index (χ1v) is 7.59. The summed E-state index contributed by atoms with van der Waals surface area (Å²) in [6, 6.07) is 0. The molecule has 0 saturated heterocycles. The first-order chi connectivity index (χ1) is 9.56. The molecule has 2 aromatic heterocycles. The fourth-order valence-electron chi connectivity index (χ4n) is 2.74. The van der Waals surface area contributed by atoms with E-state index in [1.54, 1.807) is 11.3 Å². The molecule has 1 aliphatic carbocycles. The number of carbonyl (C=O) groups is 1. The highest BCUT2D eigenvalue weighted by atomic mass is 32.1. The van der Waals surface area contributed by atoms with Gasteiger partial charge in [-0.2, -0.15) is 0 Å². The van der Waals surface area contributed by atoms with E-state index in [9.17, 15) is 9.59 Å². The minimum Gasteiger partial charge on any atom is -0.481 e. The van der Waals surface area contributed by atoms with Crippen LogP contribution in [-0.4, -0.2) is 20.6 Å². The number of rotatable bonds is 3. The lowest BCUT2D eigenvalue weighted by atomic mass is 9.89. The van der Waals surface area contributed by atoms with Crippen molar-refractivity contribution in [2.45, 2.75) is 39.2 Å². The van der Waals surface area contributed by atoms with E-state index < -0.39 is 5.97 Å². The zero-order valence-electron chi connectivity index (χ0n) is 11.3. The van der Waals surface area contributed by atoms with Crippen molar-refractivity contribution in [2.24, 2.45) is 5.92 Å². The lowest BCUT2D eigenvalue weighted by Crippen LogP contribution is -2.22. The second kappa shape index (κ2) is 5.01. The normalized spacial score (nSPS) is 18.1. The molecule has 1 N–H and O–H groups in total. The zero-order chi connectivity index (χ0) is 14.3. The van der Waals surface area contributed by atoms with Crippen LogP contribution in [0.1, 0.15) is 30.2 Å². The third-order valence-electron chi connectivity index (χ3n) is 3.85. The molecule has 0 radical (unpaired) electrons. The summed E-state index contributed by atoms with van der Waals surface area (Å²) >= 11 is 1.61. The molecule has 6 heteroatoms. The van der Waals surface area contributed by atoms with Crippen molar-refractivity contribution in [2.75, 3.05) is 0 Å². The summed E-state index contributed by atoms with van der Waals surface area (Å²) in [4.78, 5) is 29.5. The maximum Gasteiger partial charge on any atom is 0.305 e. The molecule has 0 bridgehead atoms. The van der Waals surface area contributed by atoms with E-state index >= 15 is 0 Å². The van der Waals surface area contributed by atoms with E-state index in [-0.39, 0.29) is 18.5 Å². The average molecular weight is 292 g/mol. The van der Waals surface area contributed by atoms with Crippen LogP contribution >= 0.6 is 11.3 Å². The number of aryl methyl sites for hydroxylation is 2. The van der Waals surface area contributed by atoms with E-state index in [1.807, 2.05) is 0 Å². The summed E-state index contributed by atoms with van der Waals surface area (Å²) in [6.45, 7) is 2.41. The molecule has 2 aromatic rings. The summed E-state index contributed by atoms with van der Waals surface area (Å²) in [7, 11) is 0. The average Bonchev–Trinajstić information content (AvgIpc) is 2.75. The van der Waals surface area contributed by atoms with Gasteiger partial charge in [0.2, 0.25) is 0 Å². The molecule has 2 heterocycles. The molecule has 0 amide bonds. The fourth-order valence-corrected chi connectivity index (χ4v) is 4.08. The number of aromatic nitrogens is 2. The summed E-state index contributed by atoms with van der Waals surface area (Å²) in [6.07, 6.45) is 4.46. The van der Waals surface area contributed by atoms with Crippen molar-refractivity contribution < 1.29 is 9.90 Å². The van der Waals surface area contributed by atoms with E-state index in [4.69, 9.17) is 5.11 Å². The van der Waals surface area contributed by atoms with Gasteiger partial charge in [0.1, 0.15) is 4.83 Å². The van der Waals surface area contributed by atoms with Crippen LogP contribution in [0.5, 0.6) is 0 Å². The zero-order valence-corrected chi connectivity index (χ0v) is 12.1. The quantitative estimate of drug-likeness (QED) is 0.940. The molecule has 3 rings (SSSR count). The molecule has 0 aromatic carbocycles. The highest BCUT2D eigenvalue weighted by Gasteiger charge is 2.23. The Hall–Kier alpha value is -1.69. The summed E-state index contributed by atoms with van der Waals surface area (Å²) in [5, 5.41) is 9.44. The van der Waals surface area contributed by atoms with Crippen LogP contribution in [0.4, 0.5) is 0 Å². The van der Waals surface area contributed by atoms with Crippen molar-refractivity contribution in [1.29, 1.82) is 0 Å². The van der Waals surface area contributed by atoms with Crippen LogP contribution in [0, 0.1) is 5.92 Å². The van der Waals surface area contributed by atoms with Gasteiger partial charge in [0.15, 0.2) is 0 Å². The van der Waals surface area contributed by atoms with Crippen LogP contribution in [0.3, 0.4) is 0 Å². The van der Waals surface area contributed by atoms with E-state index in [2.05, 4.69) is 11.9 Å². The number of thiophene rings is 1. The minimum atomic E-state index is -0.904. The van der Waals surface area contributed by atoms with Crippen molar-refractivity contribution in [3.8, 4) is 0 Å². The SMILES string of the molecule is C[C@H]1CCc2c(sc3ncn(CCC(=O)O)c(=O)c23)C1. The molecule has 5 nitrogen and oxygen atoms in total. The van der Waals surface area contributed by atoms with Crippen LogP contribution in [-0.2, 0) is 24.2 Å². The van der Waals surface area contributed by atoms with Gasteiger partial charge >= 0.3 is 5.97 Å². The Balaban J connectivity index is 2.08. The highest BCUT2D eigenvalue weighted by Crippen LogP contribution is 2.35. The van der Waals surface area contributed by atoms with Gasteiger partial charge in [0, 0.05) is 11.4 Å². The Kier molecular flexibility index (Phi) is 3.33. The van der Waals surface area contributed by atoms with Gasteiger partial charge in [0.25, 0.3) is 5.56 Å². The standard InChI is InChI=1S/C14H16N2O3S/c1-8-2-3-9-10(6-8)20-13-12(9)14(19)16(7-15-13)5-4-11(17)18/h7-8H,2-6H2,1H3,(H,17,18)/t8-/m0/s1. The van der Waals surface area contributed by atoms with Crippen molar-refractivity contribution in [3.63, 3.8) is 0 Å². The lowest BCUT2D eigenvalue weighted by Gasteiger charge is -2.17. The maximum atomic E-state index is 12.5. The number of aliphatic carboxylic acids is 1. The number of carboxylic acid groups (broad SMARTS) is 1. The monoisotopic (exact) mass is 292 g/mol. The van der Waals surface area contributed by atoms with Gasteiger partial charge in [-0.25, -0.2) is 4.98 Å². The number of carboxylic acids is 1. The number of fused-ring (bicyclic) bond motifs is 3. The van der Waals surface area contributed by atoms with Crippen molar-refractivity contribution in [1.82, 2.24) is 9.55 Å². The van der Waals surface area contributed by atoms with Crippen molar-refractivity contribution >= 4 is 27.5 Å². The summed E-state index contributed by atoms with van der Waals surface area (Å²) in [5.41, 5.74) is 1.05. The third-order valence-corrected chi connectivity index (χ3v) is 5.01. The summed E-state index contributed by atoms with van der Waals surface area (Å²) in [5.74, 6) is -0.247. The van der Waals surface area contributed by atoms with Gasteiger partial charge in [-0.3, -0.25) is 14.2 Å². The minimum absolute atomic E-state index is 0.0591. The topological polar surface area (TPSA) is 72.2 Å². The number of nitrogens with zero attached hydrogens (tertiary/aromatic N) is 2. The van der Waals surface area contributed by atoms with E-state index in [0.717, 1.165) is 29.7 Å². The van der Waals surface area contributed by atoms with Crippen LogP contribution in [0.25, 0.3) is 10.2 Å². The highest BCUT2D eigenvalue weighted by molar-refractivity contribution is 7.18. The Morgan fingerprint density at radius 2 is 2.40 bits per heavy atom. The maximum absolute atomic E-state index is 12.5. The third kappa shape index (κ3) is 2.24. The van der Waals surface area contributed by atoms with Gasteiger partial charge in [-0.05, 0) is 30.7 Å². The molecule has 0 aliphatic heterocycles. The van der Waals surface area contributed by atoms with Gasteiger partial charge in [0.05, 0.1) is 18.1 Å². The Bertz CT molecular complexity index is 732. The molecule has 1 atom stereocenters. The number of hydrogen-bond acceptors (Lipinski definition) is 4. The van der Waals surface area contributed by atoms with Crippen LogP contribution in [0.15, 0.2) is 11.1 Å². The molecule has 1 aliphatic rings. The van der Waals surface area contributed by atoms with Gasteiger partial charge < -0.3 is 5.11 Å². The van der Waals surface area contributed by atoms with E-state index in [1.165, 1.54) is 15.8 Å². The predicted octanol–water partition coefficient (Wildman–Crippen LogP) is 2.06. The van der Waals surface area contributed by atoms with E-state index in [0.29, 0.717) is 11.3 Å². The Morgan fingerprint density at radius 3 is 3.15 bits per heavy atom. The first kappa shape index (κ1) is 13.3. The van der Waals surface area contributed by atoms with Crippen molar-refractivity contribution in [3.05, 3.63) is 27.1 Å². The van der Waals surface area contributed by atoms with Gasteiger partial charge in [-0.1, -0.05) is 6.92 Å². The molecular formula is C14H16N2O3S. The van der Waals surface area contributed by atoms with Gasteiger partial charge in [-0.15, -0.1) is 11.3 Å². The molecule has 0 fully saturated rings. The molecule has 0 saturated carbocycles. The first-order valence-electron chi connectivity index (χ1n) is 6.77. The second-order valence-corrected chi connectivity index (χ2v) is 6.50.